The zero-order chi connectivity index (χ0) is 29.7. The number of hydrogen-bond acceptors (Lipinski definition) is 6. The van der Waals surface area contributed by atoms with E-state index < -0.39 is 11.9 Å². The number of ether oxygens (including phenoxy) is 2. The van der Waals surface area contributed by atoms with Crippen LogP contribution in [0.4, 0.5) is 0 Å². The first-order chi connectivity index (χ1) is 19.0. The molecule has 0 saturated carbocycles. The summed E-state index contributed by atoms with van der Waals surface area (Å²) in [5, 5.41) is 24.2. The molecule has 10 heteroatoms. The van der Waals surface area contributed by atoms with Gasteiger partial charge in [0.25, 0.3) is 0 Å². The van der Waals surface area contributed by atoms with Gasteiger partial charge >= 0.3 is 11.9 Å². The number of benzene rings is 2. The minimum absolute atomic E-state index is 0.676. The third kappa shape index (κ3) is 10.3. The molecule has 0 aliphatic carbocycles. The molecule has 2 aromatic heterocycles. The van der Waals surface area contributed by atoms with Gasteiger partial charge in [0.15, 0.2) is 0 Å². The normalized spacial score (nSPS) is 10.7. The summed E-state index contributed by atoms with van der Waals surface area (Å²) in [5.74, 6) is -0.487. The van der Waals surface area contributed by atoms with E-state index in [1.807, 2.05) is 12.1 Å². The van der Waals surface area contributed by atoms with E-state index in [2.05, 4.69) is 85.0 Å². The summed E-state index contributed by atoms with van der Waals surface area (Å²) in [6.07, 6.45) is 4.13. The Balaban J connectivity index is 0.000000234. The molecule has 0 bridgehead atoms. The Morgan fingerprint density at radius 2 is 1.10 bits per heavy atom. The van der Waals surface area contributed by atoms with E-state index in [1.165, 1.54) is 21.9 Å². The Labute approximate surface area is 235 Å². The lowest BCUT2D eigenvalue weighted by Crippen LogP contribution is -2.18. The lowest BCUT2D eigenvalue weighted by atomic mass is 10.1. The molecule has 2 aromatic carbocycles. The molecule has 0 amide bonds. The summed E-state index contributed by atoms with van der Waals surface area (Å²) in [6.45, 7) is 12.7. The monoisotopic (exact) mass is 554 g/mol. The van der Waals surface area contributed by atoms with Gasteiger partial charge in [0.05, 0.1) is 14.2 Å². The molecule has 6 N–H and O–H groups in total. The number of hydrogen-bond donors (Lipinski definition) is 6. The maximum atomic E-state index is 9.10. The van der Waals surface area contributed by atoms with E-state index in [9.17, 15) is 0 Å². The second kappa shape index (κ2) is 16.2. The SMILES string of the molecule is COc1ccc2[nH]cc(CNCC(C)C)c2c1.COc1ccc2[nH]cc(CNCC(C)C)c2c1.O=C(O)C(=O)O. The van der Waals surface area contributed by atoms with Crippen molar-refractivity contribution >= 4 is 33.7 Å². The first kappa shape index (κ1) is 32.2. The second-order valence-corrected chi connectivity index (χ2v) is 10.1. The minimum atomic E-state index is -1.82. The zero-order valence-corrected chi connectivity index (χ0v) is 24.1. The predicted octanol–water partition coefficient (Wildman–Crippen LogP) is 5.00. The number of rotatable bonds is 10. The molecule has 0 aliphatic rings. The third-order valence-corrected chi connectivity index (χ3v) is 5.87. The van der Waals surface area contributed by atoms with Gasteiger partial charge in [0.2, 0.25) is 0 Å². The van der Waals surface area contributed by atoms with Gasteiger partial charge in [-0.2, -0.15) is 0 Å². The van der Waals surface area contributed by atoms with Crippen LogP contribution < -0.4 is 20.1 Å². The van der Waals surface area contributed by atoms with Gasteiger partial charge in [0, 0.05) is 47.3 Å². The number of carbonyl (C=O) groups is 2. The molecule has 0 radical (unpaired) electrons. The molecule has 218 valence electrons. The van der Waals surface area contributed by atoms with Crippen molar-refractivity contribution in [2.75, 3.05) is 27.3 Å². The number of fused-ring (bicyclic) bond motifs is 2. The molecule has 4 aromatic rings. The topological polar surface area (TPSA) is 149 Å². The Hall–Kier alpha value is -4.02. The number of aromatic nitrogens is 2. The Morgan fingerprint density at radius 1 is 0.725 bits per heavy atom. The molecule has 40 heavy (non-hydrogen) atoms. The van der Waals surface area contributed by atoms with Crippen molar-refractivity contribution in [3.8, 4) is 11.5 Å². The van der Waals surface area contributed by atoms with Gasteiger partial charge in [-0.25, -0.2) is 9.59 Å². The summed E-state index contributed by atoms with van der Waals surface area (Å²) in [5.41, 5.74) is 4.90. The molecule has 0 saturated heterocycles. The fourth-order valence-electron chi connectivity index (χ4n) is 3.85. The van der Waals surface area contributed by atoms with E-state index in [-0.39, 0.29) is 0 Å². The first-order valence-electron chi connectivity index (χ1n) is 13.2. The molecular formula is C30H42N4O6. The van der Waals surface area contributed by atoms with Crippen LogP contribution in [-0.2, 0) is 22.7 Å². The van der Waals surface area contributed by atoms with Crippen LogP contribution in [0.5, 0.6) is 11.5 Å². The van der Waals surface area contributed by atoms with E-state index in [4.69, 9.17) is 29.3 Å². The molecule has 0 fully saturated rings. The summed E-state index contributed by atoms with van der Waals surface area (Å²) < 4.78 is 10.5. The van der Waals surface area contributed by atoms with Gasteiger partial charge < -0.3 is 40.3 Å². The van der Waals surface area contributed by atoms with E-state index >= 15 is 0 Å². The van der Waals surface area contributed by atoms with E-state index in [1.54, 1.807) is 14.2 Å². The Bertz CT molecular complexity index is 1260. The molecule has 0 atom stereocenters. The number of carboxylic acids is 2. The Kier molecular flexibility index (Phi) is 13.0. The van der Waals surface area contributed by atoms with Crippen molar-refractivity contribution in [3.63, 3.8) is 0 Å². The fraction of sp³-hybridized carbons (Fsp3) is 0.400. The fourth-order valence-corrected chi connectivity index (χ4v) is 3.85. The van der Waals surface area contributed by atoms with Crippen LogP contribution in [0.25, 0.3) is 21.8 Å². The summed E-state index contributed by atoms with van der Waals surface area (Å²) in [7, 11) is 3.40. The van der Waals surface area contributed by atoms with E-state index in [0.717, 1.165) is 48.7 Å². The molecule has 2 heterocycles. The molecule has 0 aliphatic heterocycles. The molecular weight excluding hydrogens is 512 g/mol. The lowest BCUT2D eigenvalue weighted by molar-refractivity contribution is -0.159. The average molecular weight is 555 g/mol. The van der Waals surface area contributed by atoms with E-state index in [0.29, 0.717) is 11.8 Å². The summed E-state index contributed by atoms with van der Waals surface area (Å²) in [6, 6.07) is 12.2. The average Bonchev–Trinajstić information content (AvgIpc) is 3.52. The molecule has 0 spiro atoms. The number of H-pyrrole nitrogens is 2. The third-order valence-electron chi connectivity index (χ3n) is 5.87. The maximum Gasteiger partial charge on any atom is 0.414 e. The van der Waals surface area contributed by atoms with Crippen LogP contribution >= 0.6 is 0 Å². The first-order valence-corrected chi connectivity index (χ1v) is 13.2. The highest BCUT2D eigenvalue weighted by atomic mass is 16.5. The van der Waals surface area contributed by atoms with Gasteiger partial charge in [-0.1, -0.05) is 27.7 Å². The van der Waals surface area contributed by atoms with Crippen molar-refractivity contribution in [2.45, 2.75) is 40.8 Å². The van der Waals surface area contributed by atoms with Crippen LogP contribution in [0.1, 0.15) is 38.8 Å². The highest BCUT2D eigenvalue weighted by Crippen LogP contribution is 2.24. The highest BCUT2D eigenvalue weighted by molar-refractivity contribution is 6.27. The van der Waals surface area contributed by atoms with Crippen molar-refractivity contribution in [1.29, 1.82) is 0 Å². The van der Waals surface area contributed by atoms with Crippen molar-refractivity contribution < 1.29 is 29.3 Å². The number of aliphatic carboxylic acids is 2. The summed E-state index contributed by atoms with van der Waals surface area (Å²) >= 11 is 0. The summed E-state index contributed by atoms with van der Waals surface area (Å²) in [4.78, 5) is 24.8. The quantitative estimate of drug-likeness (QED) is 0.150. The minimum Gasteiger partial charge on any atom is -0.497 e. The number of aromatic amines is 2. The number of nitrogens with one attached hydrogen (secondary N) is 4. The van der Waals surface area contributed by atoms with Crippen molar-refractivity contribution in [3.05, 3.63) is 59.9 Å². The Morgan fingerprint density at radius 3 is 1.40 bits per heavy atom. The standard InChI is InChI=1S/2C14H20N2O.C2H2O4/c2*1-10(2)7-15-8-11-9-16-14-5-4-12(17-3)6-13(11)14;3-1(4)2(5)6/h2*4-6,9-10,15-16H,7-8H2,1-3H3;(H,3,4)(H,5,6). The number of methoxy groups -OCH3 is 2. The second-order valence-electron chi connectivity index (χ2n) is 10.1. The van der Waals surface area contributed by atoms with Gasteiger partial charge in [-0.3, -0.25) is 0 Å². The predicted molar refractivity (Wildman–Crippen MR) is 158 cm³/mol. The van der Waals surface area contributed by atoms with Crippen LogP contribution in [0, 0.1) is 11.8 Å². The van der Waals surface area contributed by atoms with Crippen LogP contribution in [-0.4, -0.2) is 59.4 Å². The molecule has 0 unspecified atom stereocenters. The van der Waals surface area contributed by atoms with Gasteiger partial charge in [0.1, 0.15) is 11.5 Å². The maximum absolute atomic E-state index is 9.10. The highest BCUT2D eigenvalue weighted by Gasteiger charge is 2.06. The number of carboxylic acid groups (broad SMARTS) is 2. The van der Waals surface area contributed by atoms with Crippen molar-refractivity contribution in [2.24, 2.45) is 11.8 Å². The molecule has 4 rings (SSSR count). The largest absolute Gasteiger partial charge is 0.497 e. The zero-order valence-electron chi connectivity index (χ0n) is 24.1. The smallest absolute Gasteiger partial charge is 0.414 e. The molecule has 10 nitrogen and oxygen atoms in total. The van der Waals surface area contributed by atoms with Gasteiger partial charge in [-0.05, 0) is 72.5 Å². The van der Waals surface area contributed by atoms with Crippen LogP contribution in [0.3, 0.4) is 0 Å². The lowest BCUT2D eigenvalue weighted by Gasteiger charge is -2.06. The van der Waals surface area contributed by atoms with Crippen molar-refractivity contribution in [1.82, 2.24) is 20.6 Å². The van der Waals surface area contributed by atoms with Gasteiger partial charge in [-0.15, -0.1) is 0 Å². The van der Waals surface area contributed by atoms with Crippen LogP contribution in [0.15, 0.2) is 48.8 Å². The van der Waals surface area contributed by atoms with Crippen LogP contribution in [0.2, 0.25) is 0 Å².